The molecule has 0 spiro atoms. The number of nitrogens with one attached hydrogen (secondary N) is 1. The molecule has 5 unspecified atom stereocenters. The first-order valence-electron chi connectivity index (χ1n) is 7.26. The van der Waals surface area contributed by atoms with Crippen molar-refractivity contribution in [2.24, 2.45) is 18.9 Å². The Labute approximate surface area is 116 Å². The van der Waals surface area contributed by atoms with Gasteiger partial charge in [-0.25, -0.2) is 0 Å². The third kappa shape index (κ3) is 2.84. The van der Waals surface area contributed by atoms with Gasteiger partial charge in [-0.3, -0.25) is 4.68 Å². The molecule has 0 saturated carbocycles. The summed E-state index contributed by atoms with van der Waals surface area (Å²) in [5, 5.41) is 7.92. The van der Waals surface area contributed by atoms with Crippen molar-refractivity contribution in [2.75, 3.05) is 7.05 Å². The van der Waals surface area contributed by atoms with E-state index in [0.717, 1.165) is 12.1 Å². The van der Waals surface area contributed by atoms with Crippen LogP contribution in [0.15, 0.2) is 6.07 Å². The molecule has 1 saturated heterocycles. The summed E-state index contributed by atoms with van der Waals surface area (Å²) in [6, 6.07) is 2.61. The molecule has 0 aliphatic carbocycles. The maximum absolute atomic E-state index is 5.98. The van der Waals surface area contributed by atoms with Gasteiger partial charge in [0.25, 0.3) is 0 Å². The minimum Gasteiger partial charge on any atom is -0.375 e. The number of hydrogen-bond donors (Lipinski definition) is 1. The fourth-order valence-corrected chi connectivity index (χ4v) is 3.50. The zero-order valence-electron chi connectivity index (χ0n) is 13.0. The summed E-state index contributed by atoms with van der Waals surface area (Å²) in [6.07, 6.45) is 1.67. The Kier molecular flexibility index (Phi) is 4.31. The van der Waals surface area contributed by atoms with E-state index in [-0.39, 0.29) is 0 Å². The molecule has 0 bridgehead atoms. The van der Waals surface area contributed by atoms with Gasteiger partial charge in [0.15, 0.2) is 0 Å². The summed E-state index contributed by atoms with van der Waals surface area (Å²) in [7, 11) is 4.08. The van der Waals surface area contributed by atoms with Crippen LogP contribution in [0.25, 0.3) is 0 Å². The number of aryl methyl sites for hydroxylation is 2. The van der Waals surface area contributed by atoms with E-state index in [1.165, 1.54) is 5.69 Å². The first kappa shape index (κ1) is 14.5. The maximum Gasteiger partial charge on any atom is 0.0597 e. The van der Waals surface area contributed by atoms with Crippen LogP contribution in [0.2, 0.25) is 0 Å². The molecule has 1 aliphatic heterocycles. The van der Waals surface area contributed by atoms with Gasteiger partial charge in [0, 0.05) is 31.1 Å². The first-order valence-corrected chi connectivity index (χ1v) is 7.26. The molecule has 2 rings (SSSR count). The monoisotopic (exact) mass is 265 g/mol. The van der Waals surface area contributed by atoms with E-state index < -0.39 is 0 Å². The van der Waals surface area contributed by atoms with E-state index in [9.17, 15) is 0 Å². The second-order valence-corrected chi connectivity index (χ2v) is 5.98. The fraction of sp³-hybridized carbons (Fsp3) is 0.800. The van der Waals surface area contributed by atoms with Crippen molar-refractivity contribution in [3.8, 4) is 0 Å². The zero-order chi connectivity index (χ0) is 14.2. The Balaban J connectivity index is 2.14. The summed E-state index contributed by atoms with van der Waals surface area (Å²) < 4.78 is 7.97. The number of likely N-dealkylation sites (N-methyl/N-ethyl adjacent to an activating group) is 1. The topological polar surface area (TPSA) is 39.1 Å². The van der Waals surface area contributed by atoms with Crippen LogP contribution in [-0.2, 0) is 18.2 Å². The lowest BCUT2D eigenvalue weighted by molar-refractivity contribution is 0.0478. The molecule has 1 fully saturated rings. The molecule has 19 heavy (non-hydrogen) atoms. The third-order valence-corrected chi connectivity index (χ3v) is 4.68. The highest BCUT2D eigenvalue weighted by Gasteiger charge is 2.41. The van der Waals surface area contributed by atoms with E-state index >= 15 is 0 Å². The number of aromatic nitrogens is 2. The largest absolute Gasteiger partial charge is 0.375 e. The van der Waals surface area contributed by atoms with Gasteiger partial charge in [-0.15, -0.1) is 0 Å². The summed E-state index contributed by atoms with van der Waals surface area (Å²) in [5.41, 5.74) is 2.38. The molecular weight excluding hydrogens is 238 g/mol. The second kappa shape index (κ2) is 5.63. The summed E-state index contributed by atoms with van der Waals surface area (Å²) in [6.45, 7) is 8.73. The van der Waals surface area contributed by atoms with E-state index in [0.29, 0.717) is 30.1 Å². The van der Waals surface area contributed by atoms with Crippen molar-refractivity contribution in [1.29, 1.82) is 0 Å². The van der Waals surface area contributed by atoms with Crippen molar-refractivity contribution in [3.63, 3.8) is 0 Å². The number of ether oxygens (including phenoxy) is 1. The molecule has 0 aromatic carbocycles. The van der Waals surface area contributed by atoms with Crippen LogP contribution in [0.3, 0.4) is 0 Å². The Morgan fingerprint density at radius 3 is 2.47 bits per heavy atom. The number of hydrogen-bond acceptors (Lipinski definition) is 3. The fourth-order valence-electron chi connectivity index (χ4n) is 3.50. The van der Waals surface area contributed by atoms with E-state index in [1.807, 2.05) is 18.7 Å². The molecule has 1 aromatic heterocycles. The van der Waals surface area contributed by atoms with Gasteiger partial charge in [0.2, 0.25) is 0 Å². The van der Waals surface area contributed by atoms with Gasteiger partial charge in [0.05, 0.1) is 17.9 Å². The third-order valence-electron chi connectivity index (χ3n) is 4.68. The van der Waals surface area contributed by atoms with Crippen molar-refractivity contribution in [3.05, 3.63) is 17.5 Å². The Hall–Kier alpha value is -0.870. The van der Waals surface area contributed by atoms with E-state index in [1.54, 1.807) is 0 Å². The van der Waals surface area contributed by atoms with Crippen LogP contribution < -0.4 is 5.32 Å². The molecular formula is C15H27N3O. The molecule has 108 valence electrons. The lowest BCUT2D eigenvalue weighted by Crippen LogP contribution is -2.42. The standard InChI is InChI=1S/C15H27N3O/c1-9-7-13(18(6)17-9)8-14(16-5)15-10(2)11(3)19-12(15)4/h7,10-12,14-16H,8H2,1-6H3. The van der Waals surface area contributed by atoms with Crippen LogP contribution in [0, 0.1) is 18.8 Å². The molecule has 0 amide bonds. The van der Waals surface area contributed by atoms with E-state index in [4.69, 9.17) is 4.74 Å². The van der Waals surface area contributed by atoms with Gasteiger partial charge in [-0.2, -0.15) is 5.10 Å². The van der Waals surface area contributed by atoms with E-state index in [2.05, 4.69) is 44.3 Å². The van der Waals surface area contributed by atoms with Gasteiger partial charge in [-0.05, 0) is 39.8 Å². The molecule has 0 radical (unpaired) electrons. The van der Waals surface area contributed by atoms with Crippen molar-refractivity contribution >= 4 is 0 Å². The zero-order valence-corrected chi connectivity index (χ0v) is 13.0. The van der Waals surface area contributed by atoms with Crippen LogP contribution in [0.1, 0.15) is 32.2 Å². The predicted molar refractivity (Wildman–Crippen MR) is 77.2 cm³/mol. The first-order chi connectivity index (χ1) is 8.93. The average molecular weight is 265 g/mol. The van der Waals surface area contributed by atoms with Crippen LogP contribution in [0.4, 0.5) is 0 Å². The van der Waals surface area contributed by atoms with Crippen molar-refractivity contribution < 1.29 is 4.74 Å². The summed E-state index contributed by atoms with van der Waals surface area (Å²) >= 11 is 0. The van der Waals surface area contributed by atoms with Gasteiger partial charge < -0.3 is 10.1 Å². The molecule has 1 N–H and O–H groups in total. The van der Waals surface area contributed by atoms with Gasteiger partial charge >= 0.3 is 0 Å². The average Bonchev–Trinajstić information content (AvgIpc) is 2.77. The normalized spacial score (nSPS) is 32.7. The smallest absolute Gasteiger partial charge is 0.0597 e. The van der Waals surface area contributed by atoms with Crippen LogP contribution >= 0.6 is 0 Å². The van der Waals surface area contributed by atoms with Gasteiger partial charge in [0.1, 0.15) is 0 Å². The molecule has 1 aliphatic rings. The maximum atomic E-state index is 5.98. The minimum absolute atomic E-state index is 0.316. The van der Waals surface area contributed by atoms with Crippen molar-refractivity contribution in [2.45, 2.75) is 52.4 Å². The van der Waals surface area contributed by atoms with Crippen LogP contribution in [0.5, 0.6) is 0 Å². The highest BCUT2D eigenvalue weighted by Crippen LogP contribution is 2.35. The quantitative estimate of drug-likeness (QED) is 0.904. The number of nitrogens with zero attached hydrogens (tertiary/aromatic N) is 2. The summed E-state index contributed by atoms with van der Waals surface area (Å²) in [5.74, 6) is 1.14. The highest BCUT2D eigenvalue weighted by atomic mass is 16.5. The summed E-state index contributed by atoms with van der Waals surface area (Å²) in [4.78, 5) is 0. The predicted octanol–water partition coefficient (Wildman–Crippen LogP) is 1.92. The SMILES string of the molecule is CNC(Cc1cc(C)nn1C)C1C(C)OC(C)C1C. The molecule has 5 atom stereocenters. The highest BCUT2D eigenvalue weighted by molar-refractivity contribution is 5.11. The number of rotatable bonds is 4. The van der Waals surface area contributed by atoms with Crippen LogP contribution in [-0.4, -0.2) is 35.1 Å². The minimum atomic E-state index is 0.316. The molecule has 4 heteroatoms. The molecule has 2 heterocycles. The Morgan fingerprint density at radius 1 is 1.37 bits per heavy atom. The Morgan fingerprint density at radius 2 is 2.05 bits per heavy atom. The lowest BCUT2D eigenvalue weighted by atomic mass is 9.81. The Bertz CT molecular complexity index is 429. The van der Waals surface area contributed by atoms with Crippen molar-refractivity contribution in [1.82, 2.24) is 15.1 Å². The second-order valence-electron chi connectivity index (χ2n) is 5.98. The lowest BCUT2D eigenvalue weighted by Gasteiger charge is -2.28. The van der Waals surface area contributed by atoms with Gasteiger partial charge in [-0.1, -0.05) is 6.92 Å². The molecule has 1 aromatic rings. The molecule has 4 nitrogen and oxygen atoms in total.